The van der Waals surface area contributed by atoms with Crippen molar-refractivity contribution in [3.05, 3.63) is 77.9 Å². The molecule has 5 heteroatoms. The summed E-state index contributed by atoms with van der Waals surface area (Å²) in [5.74, 6) is 1.03. The average molecular weight is 304 g/mol. The highest BCUT2D eigenvalue weighted by Crippen LogP contribution is 2.21. The first-order valence-electron chi connectivity index (χ1n) is 7.17. The zero-order valence-corrected chi connectivity index (χ0v) is 12.4. The van der Waals surface area contributed by atoms with Crippen LogP contribution in [0.5, 0.6) is 5.75 Å². The Bertz CT molecular complexity index is 874. The molecule has 0 heterocycles. The minimum Gasteiger partial charge on any atom is -0.489 e. The van der Waals surface area contributed by atoms with Gasteiger partial charge in [0.15, 0.2) is 5.84 Å². The molecule has 0 aliphatic heterocycles. The smallest absolute Gasteiger partial charge is 0.155 e. The van der Waals surface area contributed by atoms with Gasteiger partial charge in [0, 0.05) is 5.56 Å². The van der Waals surface area contributed by atoms with E-state index in [0.717, 1.165) is 22.3 Å². The van der Waals surface area contributed by atoms with Crippen molar-refractivity contribution >= 4 is 16.6 Å². The van der Waals surface area contributed by atoms with Crippen LogP contribution in [0, 0.1) is 5.53 Å². The number of nitrogens with one attached hydrogen (secondary N) is 1. The zero-order valence-electron chi connectivity index (χ0n) is 12.4. The van der Waals surface area contributed by atoms with Gasteiger partial charge in [-0.3, -0.25) is 0 Å². The molecule has 0 fully saturated rings. The van der Waals surface area contributed by atoms with E-state index in [1.54, 1.807) is 0 Å². The maximum absolute atomic E-state index is 6.73. The van der Waals surface area contributed by atoms with Crippen molar-refractivity contribution in [2.24, 2.45) is 16.1 Å². The van der Waals surface area contributed by atoms with E-state index in [1.807, 2.05) is 54.6 Å². The second-order valence-electron chi connectivity index (χ2n) is 5.08. The summed E-state index contributed by atoms with van der Waals surface area (Å²) in [6.45, 7) is 0.428. The largest absolute Gasteiger partial charge is 0.489 e. The predicted octanol–water partition coefficient (Wildman–Crippen LogP) is 4.07. The Morgan fingerprint density at radius 2 is 1.78 bits per heavy atom. The molecule has 0 spiro atoms. The van der Waals surface area contributed by atoms with E-state index in [0.29, 0.717) is 6.61 Å². The molecule has 3 rings (SSSR count). The fourth-order valence-electron chi connectivity index (χ4n) is 2.36. The Morgan fingerprint density at radius 1 is 0.957 bits per heavy atom. The Labute approximate surface area is 133 Å². The lowest BCUT2D eigenvalue weighted by Crippen LogP contribution is -2.13. The van der Waals surface area contributed by atoms with Gasteiger partial charge in [0.05, 0.1) is 0 Å². The summed E-state index contributed by atoms with van der Waals surface area (Å²) >= 11 is 0. The normalized spacial score (nSPS) is 11.4. The van der Waals surface area contributed by atoms with Crippen LogP contribution in [0.25, 0.3) is 10.8 Å². The first kappa shape index (κ1) is 14.7. The number of benzene rings is 3. The SMILES string of the molecule is N=N/N=C(\N)c1cccc(COc2ccc3ccccc3c2)c1. The number of ether oxygens (including phenoxy) is 1. The maximum Gasteiger partial charge on any atom is 0.155 e. The molecule has 0 aromatic heterocycles. The summed E-state index contributed by atoms with van der Waals surface area (Å²) < 4.78 is 5.85. The number of amidine groups is 1. The summed E-state index contributed by atoms with van der Waals surface area (Å²) in [6, 6.07) is 21.7. The van der Waals surface area contributed by atoms with E-state index in [-0.39, 0.29) is 5.84 Å². The molecule has 0 atom stereocenters. The van der Waals surface area contributed by atoms with Crippen molar-refractivity contribution in [2.75, 3.05) is 0 Å². The van der Waals surface area contributed by atoms with E-state index in [9.17, 15) is 0 Å². The summed E-state index contributed by atoms with van der Waals surface area (Å²) in [5, 5.41) is 8.81. The third kappa shape index (κ3) is 3.52. The van der Waals surface area contributed by atoms with Crippen molar-refractivity contribution in [2.45, 2.75) is 6.61 Å². The molecule has 23 heavy (non-hydrogen) atoms. The van der Waals surface area contributed by atoms with Crippen LogP contribution in [0.1, 0.15) is 11.1 Å². The molecule has 0 aliphatic rings. The number of nitrogens with two attached hydrogens (primary N) is 1. The fourth-order valence-corrected chi connectivity index (χ4v) is 2.36. The quantitative estimate of drug-likeness (QED) is 0.322. The van der Waals surface area contributed by atoms with Gasteiger partial charge in [-0.15, -0.1) is 5.10 Å². The van der Waals surface area contributed by atoms with Crippen LogP contribution in [-0.2, 0) is 6.61 Å². The van der Waals surface area contributed by atoms with E-state index >= 15 is 0 Å². The number of fused-ring (bicyclic) bond motifs is 1. The molecule has 0 saturated heterocycles. The summed E-state index contributed by atoms with van der Waals surface area (Å²) in [4.78, 5) is 0. The van der Waals surface area contributed by atoms with Gasteiger partial charge in [-0.05, 0) is 34.5 Å². The topological polar surface area (TPSA) is 83.8 Å². The van der Waals surface area contributed by atoms with Gasteiger partial charge < -0.3 is 10.5 Å². The molecule has 0 radical (unpaired) electrons. The zero-order chi connectivity index (χ0) is 16.1. The van der Waals surface area contributed by atoms with Gasteiger partial charge in [-0.1, -0.05) is 53.8 Å². The maximum atomic E-state index is 6.73. The number of hydrogen-bond donors (Lipinski definition) is 2. The molecular weight excluding hydrogens is 288 g/mol. The summed E-state index contributed by atoms with van der Waals surface area (Å²) in [5.41, 5.74) is 14.2. The Balaban J connectivity index is 1.75. The minimum absolute atomic E-state index is 0.215. The molecule has 114 valence electrons. The fraction of sp³-hybridized carbons (Fsp3) is 0.0556. The van der Waals surface area contributed by atoms with Gasteiger partial charge in [0.2, 0.25) is 0 Å². The van der Waals surface area contributed by atoms with Gasteiger partial charge >= 0.3 is 0 Å². The third-order valence-corrected chi connectivity index (χ3v) is 3.51. The van der Waals surface area contributed by atoms with E-state index in [1.165, 1.54) is 5.39 Å². The van der Waals surface area contributed by atoms with Gasteiger partial charge in [-0.2, -0.15) is 5.53 Å². The van der Waals surface area contributed by atoms with E-state index in [2.05, 4.69) is 22.5 Å². The second-order valence-corrected chi connectivity index (χ2v) is 5.08. The van der Waals surface area contributed by atoms with E-state index < -0.39 is 0 Å². The van der Waals surface area contributed by atoms with Gasteiger partial charge in [0.25, 0.3) is 0 Å². The van der Waals surface area contributed by atoms with Crippen molar-refractivity contribution < 1.29 is 4.74 Å². The van der Waals surface area contributed by atoms with E-state index in [4.69, 9.17) is 16.0 Å². The number of rotatable bonds is 5. The lowest BCUT2D eigenvalue weighted by atomic mass is 10.1. The summed E-state index contributed by atoms with van der Waals surface area (Å²) in [6.07, 6.45) is 0. The van der Waals surface area contributed by atoms with Gasteiger partial charge in [-0.25, -0.2) is 0 Å². The molecule has 3 aromatic carbocycles. The third-order valence-electron chi connectivity index (χ3n) is 3.51. The molecule has 5 nitrogen and oxygen atoms in total. The van der Waals surface area contributed by atoms with Crippen molar-refractivity contribution in [3.8, 4) is 5.75 Å². The molecule has 3 aromatic rings. The van der Waals surface area contributed by atoms with Crippen molar-refractivity contribution in [1.29, 1.82) is 5.53 Å². The number of nitrogens with zero attached hydrogens (tertiary/aromatic N) is 2. The molecule has 0 unspecified atom stereocenters. The van der Waals surface area contributed by atoms with Crippen LogP contribution in [0.4, 0.5) is 0 Å². The minimum atomic E-state index is 0.215. The van der Waals surface area contributed by atoms with Crippen LogP contribution in [0.2, 0.25) is 0 Å². The Hall–Kier alpha value is -3.21. The lowest BCUT2D eigenvalue weighted by molar-refractivity contribution is 0.306. The van der Waals surface area contributed by atoms with Crippen molar-refractivity contribution in [3.63, 3.8) is 0 Å². The molecule has 0 amide bonds. The number of hydrogen-bond acceptors (Lipinski definition) is 3. The van der Waals surface area contributed by atoms with Gasteiger partial charge in [0.1, 0.15) is 12.4 Å². The highest BCUT2D eigenvalue weighted by atomic mass is 16.5. The predicted molar refractivity (Wildman–Crippen MR) is 90.6 cm³/mol. The first-order chi connectivity index (χ1) is 11.3. The molecule has 3 N–H and O–H groups in total. The second kappa shape index (κ2) is 6.70. The Morgan fingerprint density at radius 3 is 2.61 bits per heavy atom. The van der Waals surface area contributed by atoms with Crippen LogP contribution in [-0.4, -0.2) is 5.84 Å². The van der Waals surface area contributed by atoms with Crippen LogP contribution in [0.15, 0.2) is 77.1 Å². The highest BCUT2D eigenvalue weighted by Gasteiger charge is 2.02. The lowest BCUT2D eigenvalue weighted by Gasteiger charge is -2.08. The van der Waals surface area contributed by atoms with Crippen LogP contribution >= 0.6 is 0 Å². The molecule has 0 bridgehead atoms. The van der Waals surface area contributed by atoms with Crippen LogP contribution < -0.4 is 10.5 Å². The first-order valence-corrected chi connectivity index (χ1v) is 7.17. The molecular formula is C18H16N4O. The van der Waals surface area contributed by atoms with Crippen molar-refractivity contribution in [1.82, 2.24) is 0 Å². The summed E-state index contributed by atoms with van der Waals surface area (Å²) in [7, 11) is 0. The molecule has 0 aliphatic carbocycles. The highest BCUT2D eigenvalue weighted by molar-refractivity contribution is 5.97. The standard InChI is InChI=1S/C18H16N4O/c19-18(21-22-20)16-7-3-4-13(10-16)12-23-17-9-8-14-5-1-2-6-15(14)11-17/h1-11H,12H2,(H3,19,20,21). The average Bonchev–Trinajstić information content (AvgIpc) is 2.60. The monoisotopic (exact) mass is 304 g/mol. The van der Waals surface area contributed by atoms with Crippen LogP contribution in [0.3, 0.4) is 0 Å². The molecule has 0 saturated carbocycles. The Kier molecular flexibility index (Phi) is 4.29.